The topological polar surface area (TPSA) is 20.3 Å². The zero-order valence-electron chi connectivity index (χ0n) is 5.64. The Morgan fingerprint density at radius 3 is 2.12 bits per heavy atom. The Hall–Kier alpha value is -0.370. The molecule has 0 bridgehead atoms. The highest BCUT2D eigenvalue weighted by Gasteiger charge is 2.05. The Kier molecular flexibility index (Phi) is 3.44. The minimum Gasteiger partial charge on any atom is -0.299 e. The normalized spacial score (nSPS) is 14.0. The highest BCUT2D eigenvalue weighted by Crippen LogP contribution is 1.92. The van der Waals surface area contributed by atoms with E-state index >= 15 is 0 Å². The highest BCUT2D eigenvalue weighted by molar-refractivity contribution is 5.58. The molecule has 1 radical (unpaired) electrons. The molecule has 0 fully saturated rings. The first-order valence-electron chi connectivity index (χ1n) is 2.76. The predicted octanol–water partition coefficient (Wildman–Crippen LogP) is 0.436. The van der Waals surface area contributed by atoms with Crippen molar-refractivity contribution in [3.8, 4) is 0 Å². The zero-order valence-corrected chi connectivity index (χ0v) is 5.64. The molecule has 47 valence electrons. The van der Waals surface area contributed by atoms with Crippen molar-refractivity contribution in [2.75, 3.05) is 14.1 Å². The fourth-order valence-corrected chi connectivity index (χ4v) is 0.554. The van der Waals surface area contributed by atoms with E-state index in [0.29, 0.717) is 0 Å². The summed E-state index contributed by atoms with van der Waals surface area (Å²) in [5.74, 6) is 0. The van der Waals surface area contributed by atoms with Gasteiger partial charge in [-0.1, -0.05) is 6.92 Å². The maximum atomic E-state index is 10.0. The Morgan fingerprint density at radius 2 is 2.12 bits per heavy atom. The molecule has 0 amide bonds. The van der Waals surface area contributed by atoms with Gasteiger partial charge in [-0.25, -0.2) is 0 Å². The lowest BCUT2D eigenvalue weighted by Crippen LogP contribution is -2.28. The third kappa shape index (κ3) is 2.07. The van der Waals surface area contributed by atoms with E-state index in [0.717, 1.165) is 6.42 Å². The van der Waals surface area contributed by atoms with Crippen molar-refractivity contribution >= 4 is 6.29 Å². The minimum absolute atomic E-state index is 0.0185. The standard InChI is InChI=1S/C6H12NO/c1-4-6(5-8)7(2)3/h6H,4H2,1-3H3. The molecule has 0 aliphatic heterocycles. The molecule has 0 spiro atoms. The molecule has 1 atom stereocenters. The Morgan fingerprint density at radius 1 is 1.62 bits per heavy atom. The molecule has 2 nitrogen and oxygen atoms in total. The molecule has 0 heterocycles. The van der Waals surface area contributed by atoms with Crippen LogP contribution in [0.5, 0.6) is 0 Å². The second-order valence-electron chi connectivity index (χ2n) is 2.01. The summed E-state index contributed by atoms with van der Waals surface area (Å²) in [5.41, 5.74) is 0. The van der Waals surface area contributed by atoms with Crippen LogP contribution in [-0.2, 0) is 4.79 Å². The lowest BCUT2D eigenvalue weighted by Gasteiger charge is -2.14. The van der Waals surface area contributed by atoms with Gasteiger partial charge in [0.1, 0.15) is 0 Å². The largest absolute Gasteiger partial charge is 0.299 e. The Bertz CT molecular complexity index is 70.9. The molecular weight excluding hydrogens is 102 g/mol. The lowest BCUT2D eigenvalue weighted by molar-refractivity contribution is 0.341. The molecule has 0 saturated carbocycles. The van der Waals surface area contributed by atoms with Crippen LogP contribution in [0, 0.1) is 0 Å². The van der Waals surface area contributed by atoms with Gasteiger partial charge in [-0.3, -0.25) is 9.69 Å². The van der Waals surface area contributed by atoms with E-state index in [1.165, 1.54) is 0 Å². The Balaban J connectivity index is 3.51. The van der Waals surface area contributed by atoms with E-state index in [4.69, 9.17) is 0 Å². The average molecular weight is 114 g/mol. The first-order chi connectivity index (χ1) is 3.72. The molecule has 0 rings (SSSR count). The number of likely N-dealkylation sites (N-methyl/N-ethyl adjacent to an activating group) is 1. The highest BCUT2D eigenvalue weighted by atomic mass is 16.1. The smallest absolute Gasteiger partial charge is 0.217 e. The van der Waals surface area contributed by atoms with Gasteiger partial charge in [0.15, 0.2) is 0 Å². The van der Waals surface area contributed by atoms with Crippen molar-refractivity contribution in [1.82, 2.24) is 4.90 Å². The Labute approximate surface area is 50.5 Å². The van der Waals surface area contributed by atoms with Crippen LogP contribution in [0.2, 0.25) is 0 Å². The second kappa shape index (κ2) is 3.61. The third-order valence-electron chi connectivity index (χ3n) is 1.15. The van der Waals surface area contributed by atoms with Crippen LogP contribution in [0.25, 0.3) is 0 Å². The number of rotatable bonds is 3. The summed E-state index contributed by atoms with van der Waals surface area (Å²) >= 11 is 0. The molecular formula is C6H12NO. The summed E-state index contributed by atoms with van der Waals surface area (Å²) < 4.78 is 0. The minimum atomic E-state index is -0.0185. The lowest BCUT2D eigenvalue weighted by atomic mass is 10.2. The zero-order chi connectivity index (χ0) is 6.57. The monoisotopic (exact) mass is 114 g/mol. The van der Waals surface area contributed by atoms with Gasteiger partial charge in [0.05, 0.1) is 6.04 Å². The van der Waals surface area contributed by atoms with E-state index in [1.54, 1.807) is 0 Å². The third-order valence-corrected chi connectivity index (χ3v) is 1.15. The summed E-state index contributed by atoms with van der Waals surface area (Å²) in [6.45, 7) is 1.97. The predicted molar refractivity (Wildman–Crippen MR) is 33.5 cm³/mol. The summed E-state index contributed by atoms with van der Waals surface area (Å²) in [7, 11) is 3.75. The van der Waals surface area contributed by atoms with E-state index in [2.05, 4.69) is 0 Å². The molecule has 0 aromatic rings. The molecule has 0 aromatic carbocycles. The second-order valence-corrected chi connectivity index (χ2v) is 2.01. The van der Waals surface area contributed by atoms with Crippen molar-refractivity contribution in [2.45, 2.75) is 19.4 Å². The van der Waals surface area contributed by atoms with Gasteiger partial charge in [-0.2, -0.15) is 0 Å². The molecule has 2 heteroatoms. The molecule has 0 aliphatic carbocycles. The maximum Gasteiger partial charge on any atom is 0.217 e. The number of carbonyl (C=O) groups excluding carboxylic acids is 1. The van der Waals surface area contributed by atoms with Gasteiger partial charge >= 0.3 is 0 Å². The van der Waals surface area contributed by atoms with Gasteiger partial charge in [0.25, 0.3) is 0 Å². The molecule has 0 aliphatic rings. The van der Waals surface area contributed by atoms with Gasteiger partial charge in [0, 0.05) is 0 Å². The first-order valence-corrected chi connectivity index (χ1v) is 2.76. The first kappa shape index (κ1) is 7.63. The fraction of sp³-hybridized carbons (Fsp3) is 0.833. The summed E-state index contributed by atoms with van der Waals surface area (Å²) in [6, 6.07) is -0.0185. The van der Waals surface area contributed by atoms with E-state index in [1.807, 2.05) is 32.2 Å². The summed E-state index contributed by atoms with van der Waals surface area (Å²) in [5, 5.41) is 0. The number of hydrogen-bond acceptors (Lipinski definition) is 2. The van der Waals surface area contributed by atoms with Gasteiger partial charge < -0.3 is 0 Å². The van der Waals surface area contributed by atoms with Crippen LogP contribution >= 0.6 is 0 Å². The number of nitrogens with zero attached hydrogens (tertiary/aromatic N) is 1. The SMILES string of the molecule is CCC([C]=O)N(C)C. The van der Waals surface area contributed by atoms with Crippen LogP contribution in [0.1, 0.15) is 13.3 Å². The molecule has 0 aromatic heterocycles. The molecule has 0 saturated heterocycles. The van der Waals surface area contributed by atoms with Gasteiger partial charge in [-0.15, -0.1) is 0 Å². The summed E-state index contributed by atoms with van der Waals surface area (Å²) in [6.07, 6.45) is 2.77. The van der Waals surface area contributed by atoms with Crippen LogP contribution < -0.4 is 0 Å². The van der Waals surface area contributed by atoms with E-state index < -0.39 is 0 Å². The average Bonchev–Trinajstić information content (AvgIpc) is 1.69. The van der Waals surface area contributed by atoms with E-state index in [-0.39, 0.29) is 6.04 Å². The van der Waals surface area contributed by atoms with Crippen molar-refractivity contribution in [2.24, 2.45) is 0 Å². The molecule has 1 unspecified atom stereocenters. The van der Waals surface area contributed by atoms with Gasteiger partial charge in [0.2, 0.25) is 6.29 Å². The fourth-order valence-electron chi connectivity index (χ4n) is 0.554. The van der Waals surface area contributed by atoms with Crippen LogP contribution in [-0.4, -0.2) is 31.3 Å². The van der Waals surface area contributed by atoms with Crippen molar-refractivity contribution in [1.29, 1.82) is 0 Å². The molecule has 8 heavy (non-hydrogen) atoms. The molecule has 0 N–H and O–H groups in total. The van der Waals surface area contributed by atoms with Crippen LogP contribution in [0.15, 0.2) is 0 Å². The van der Waals surface area contributed by atoms with Crippen molar-refractivity contribution in [3.63, 3.8) is 0 Å². The van der Waals surface area contributed by atoms with Crippen LogP contribution in [0.4, 0.5) is 0 Å². The summed E-state index contributed by atoms with van der Waals surface area (Å²) in [4.78, 5) is 11.9. The quantitative estimate of drug-likeness (QED) is 0.530. The van der Waals surface area contributed by atoms with Crippen molar-refractivity contribution in [3.05, 3.63) is 0 Å². The van der Waals surface area contributed by atoms with E-state index in [9.17, 15) is 4.79 Å². The van der Waals surface area contributed by atoms with Crippen LogP contribution in [0.3, 0.4) is 0 Å². The van der Waals surface area contributed by atoms with Crippen molar-refractivity contribution < 1.29 is 4.79 Å². The maximum absolute atomic E-state index is 10.0. The van der Waals surface area contributed by atoms with Gasteiger partial charge in [-0.05, 0) is 20.5 Å². The number of hydrogen-bond donors (Lipinski definition) is 0.